The topological polar surface area (TPSA) is 92.4 Å². The van der Waals surface area contributed by atoms with E-state index in [2.05, 4.69) is 35.5 Å². The van der Waals surface area contributed by atoms with Crippen LogP contribution in [0.25, 0.3) is 10.9 Å². The smallest absolute Gasteiger partial charge is 0.270 e. The third-order valence-electron chi connectivity index (χ3n) is 7.02. The number of pyridine rings is 1. The summed E-state index contributed by atoms with van der Waals surface area (Å²) in [7, 11) is 4.01. The number of aromatic nitrogens is 3. The zero-order valence-corrected chi connectivity index (χ0v) is 22.2. The van der Waals surface area contributed by atoms with Crippen LogP contribution in [0, 0.1) is 6.92 Å². The number of H-pyrrole nitrogens is 1. The Bertz CT molecular complexity index is 1270. The summed E-state index contributed by atoms with van der Waals surface area (Å²) in [5.41, 5.74) is 6.73. The number of carbonyl (C=O) groups excluding carboxylic acids is 1. The van der Waals surface area contributed by atoms with Gasteiger partial charge in [-0.2, -0.15) is 5.10 Å². The number of halogens is 1. The lowest BCUT2D eigenvalue weighted by atomic mass is 9.99. The average molecular weight is 511 g/mol. The quantitative estimate of drug-likeness (QED) is 0.469. The fraction of sp³-hybridized carbons (Fsp3) is 0.500. The number of aromatic amines is 1. The summed E-state index contributed by atoms with van der Waals surface area (Å²) in [4.78, 5) is 24.9. The van der Waals surface area contributed by atoms with Gasteiger partial charge in [-0.05, 0) is 52.1 Å². The molecule has 1 atom stereocenters. The van der Waals surface area contributed by atoms with E-state index in [9.17, 15) is 4.79 Å². The van der Waals surface area contributed by atoms with E-state index < -0.39 is 0 Å². The number of piperazine rings is 1. The van der Waals surface area contributed by atoms with Crippen molar-refractivity contribution in [2.75, 3.05) is 63.2 Å². The SMILES string of the molecule is Cc1cc2[nH]ncc2c(N2CCc3c(N4CCNCC4)cc(C(=O)N[C@H](C)CN(C)C)nc3C2)c1Cl. The van der Waals surface area contributed by atoms with Crippen molar-refractivity contribution >= 4 is 39.8 Å². The molecular formula is C26H35ClN8O. The Morgan fingerprint density at radius 1 is 1.22 bits per heavy atom. The first-order valence-electron chi connectivity index (χ1n) is 12.6. The number of hydrogen-bond acceptors (Lipinski definition) is 7. The van der Waals surface area contributed by atoms with Crippen molar-refractivity contribution in [2.24, 2.45) is 0 Å². The van der Waals surface area contributed by atoms with Crippen molar-refractivity contribution in [1.29, 1.82) is 0 Å². The van der Waals surface area contributed by atoms with E-state index in [0.717, 1.165) is 84.2 Å². The van der Waals surface area contributed by atoms with Gasteiger partial charge in [-0.25, -0.2) is 4.98 Å². The van der Waals surface area contributed by atoms with Gasteiger partial charge in [0.15, 0.2) is 0 Å². The number of benzene rings is 1. The van der Waals surface area contributed by atoms with Gasteiger partial charge in [-0.15, -0.1) is 0 Å². The fourth-order valence-electron chi connectivity index (χ4n) is 5.39. The molecule has 192 valence electrons. The molecule has 0 bridgehead atoms. The second-order valence-electron chi connectivity index (χ2n) is 10.2. The zero-order chi connectivity index (χ0) is 25.4. The summed E-state index contributed by atoms with van der Waals surface area (Å²) in [6.45, 7) is 9.91. The molecule has 1 fully saturated rings. The highest BCUT2D eigenvalue weighted by Gasteiger charge is 2.28. The Labute approximate surface area is 217 Å². The highest BCUT2D eigenvalue weighted by molar-refractivity contribution is 6.35. The second kappa shape index (κ2) is 10.2. The van der Waals surface area contributed by atoms with E-state index in [1.165, 1.54) is 5.56 Å². The largest absolute Gasteiger partial charge is 0.369 e. The van der Waals surface area contributed by atoms with Crippen LogP contribution in [0.3, 0.4) is 0 Å². The Morgan fingerprint density at radius 2 is 2.00 bits per heavy atom. The summed E-state index contributed by atoms with van der Waals surface area (Å²) in [6.07, 6.45) is 2.67. The third-order valence-corrected chi connectivity index (χ3v) is 7.50. The van der Waals surface area contributed by atoms with Crippen LogP contribution in [0.4, 0.5) is 11.4 Å². The number of anilines is 2. The van der Waals surface area contributed by atoms with E-state index in [0.29, 0.717) is 12.2 Å². The summed E-state index contributed by atoms with van der Waals surface area (Å²) >= 11 is 6.84. The molecule has 3 aromatic rings. The molecule has 2 aliphatic heterocycles. The zero-order valence-electron chi connectivity index (χ0n) is 21.5. The molecule has 1 amide bonds. The third kappa shape index (κ3) is 4.87. The Hall–Kier alpha value is -2.88. The predicted octanol–water partition coefficient (Wildman–Crippen LogP) is 2.57. The average Bonchev–Trinajstić information content (AvgIpc) is 3.31. The Balaban J connectivity index is 1.52. The molecule has 0 unspecified atom stereocenters. The number of fused-ring (bicyclic) bond motifs is 2. The van der Waals surface area contributed by atoms with Crippen molar-refractivity contribution in [3.63, 3.8) is 0 Å². The molecular weight excluding hydrogens is 476 g/mol. The highest BCUT2D eigenvalue weighted by Crippen LogP contribution is 2.39. The molecule has 3 N–H and O–H groups in total. The monoisotopic (exact) mass is 510 g/mol. The van der Waals surface area contributed by atoms with Crippen LogP contribution in [-0.2, 0) is 13.0 Å². The van der Waals surface area contributed by atoms with Crippen molar-refractivity contribution < 1.29 is 4.79 Å². The number of hydrogen-bond donors (Lipinski definition) is 3. The number of aryl methyl sites for hydroxylation is 1. The van der Waals surface area contributed by atoms with E-state index >= 15 is 0 Å². The van der Waals surface area contributed by atoms with Crippen molar-refractivity contribution in [1.82, 2.24) is 30.7 Å². The molecule has 2 aliphatic rings. The predicted molar refractivity (Wildman–Crippen MR) is 145 cm³/mol. The maximum Gasteiger partial charge on any atom is 0.270 e. The summed E-state index contributed by atoms with van der Waals surface area (Å²) < 4.78 is 0. The van der Waals surface area contributed by atoms with Gasteiger partial charge in [0, 0.05) is 61.9 Å². The minimum Gasteiger partial charge on any atom is -0.369 e. The molecule has 4 heterocycles. The van der Waals surface area contributed by atoms with E-state index in [4.69, 9.17) is 16.6 Å². The van der Waals surface area contributed by atoms with Gasteiger partial charge in [-0.3, -0.25) is 9.89 Å². The molecule has 10 heteroatoms. The molecule has 2 aromatic heterocycles. The second-order valence-corrected chi connectivity index (χ2v) is 10.6. The van der Waals surface area contributed by atoms with E-state index in [1.807, 2.05) is 46.3 Å². The van der Waals surface area contributed by atoms with Crippen LogP contribution in [0.5, 0.6) is 0 Å². The van der Waals surface area contributed by atoms with Crippen LogP contribution >= 0.6 is 11.6 Å². The molecule has 0 spiro atoms. The normalized spacial score (nSPS) is 16.9. The van der Waals surface area contributed by atoms with Gasteiger partial charge < -0.3 is 25.3 Å². The first kappa shape index (κ1) is 24.8. The first-order chi connectivity index (χ1) is 17.3. The highest BCUT2D eigenvalue weighted by atomic mass is 35.5. The van der Waals surface area contributed by atoms with Crippen LogP contribution < -0.4 is 20.4 Å². The van der Waals surface area contributed by atoms with Crippen molar-refractivity contribution in [3.05, 3.63) is 45.9 Å². The summed E-state index contributed by atoms with van der Waals surface area (Å²) in [5.74, 6) is -0.133. The lowest BCUT2D eigenvalue weighted by Gasteiger charge is -2.36. The van der Waals surface area contributed by atoms with Gasteiger partial charge >= 0.3 is 0 Å². The van der Waals surface area contributed by atoms with Gasteiger partial charge in [0.2, 0.25) is 0 Å². The first-order valence-corrected chi connectivity index (χ1v) is 13.0. The number of carbonyl (C=O) groups is 1. The van der Waals surface area contributed by atoms with Crippen LogP contribution in [0.1, 0.15) is 34.2 Å². The van der Waals surface area contributed by atoms with Crippen molar-refractivity contribution in [3.8, 4) is 0 Å². The molecule has 0 radical (unpaired) electrons. The molecule has 0 aliphatic carbocycles. The standard InChI is InChI=1S/C26H35ClN8O/c1-16-11-20-19(13-29-32-20)25(24(16)27)35-8-5-18-22(15-35)31-21(26(36)30-17(2)14-33(3)4)12-23(18)34-9-6-28-7-10-34/h11-13,17,28H,5-10,14-15H2,1-4H3,(H,29,32)(H,30,36)/t17-/m1/s1. The minimum atomic E-state index is -0.133. The molecule has 9 nitrogen and oxygen atoms in total. The van der Waals surface area contributed by atoms with E-state index in [-0.39, 0.29) is 11.9 Å². The van der Waals surface area contributed by atoms with Gasteiger partial charge in [0.05, 0.1) is 34.7 Å². The van der Waals surface area contributed by atoms with Crippen LogP contribution in [0.2, 0.25) is 5.02 Å². The molecule has 36 heavy (non-hydrogen) atoms. The molecule has 1 saturated heterocycles. The lowest BCUT2D eigenvalue weighted by molar-refractivity contribution is 0.0929. The number of likely N-dealkylation sites (N-methyl/N-ethyl adjacent to an activating group) is 1. The van der Waals surface area contributed by atoms with Crippen LogP contribution in [0.15, 0.2) is 18.3 Å². The number of nitrogens with one attached hydrogen (secondary N) is 3. The van der Waals surface area contributed by atoms with Crippen molar-refractivity contribution in [2.45, 2.75) is 32.9 Å². The number of rotatable bonds is 6. The molecule has 0 saturated carbocycles. The minimum absolute atomic E-state index is 0.0185. The molecule has 1 aromatic carbocycles. The summed E-state index contributed by atoms with van der Waals surface area (Å²) in [6, 6.07) is 4.04. The Morgan fingerprint density at radius 3 is 2.75 bits per heavy atom. The maximum absolute atomic E-state index is 13.3. The van der Waals surface area contributed by atoms with Gasteiger partial charge in [0.25, 0.3) is 5.91 Å². The summed E-state index contributed by atoms with van der Waals surface area (Å²) in [5, 5.41) is 15.6. The maximum atomic E-state index is 13.3. The van der Waals surface area contributed by atoms with Gasteiger partial charge in [-0.1, -0.05) is 11.6 Å². The molecule has 5 rings (SSSR count). The fourth-order valence-corrected chi connectivity index (χ4v) is 5.67. The van der Waals surface area contributed by atoms with Gasteiger partial charge in [0.1, 0.15) is 5.69 Å². The van der Waals surface area contributed by atoms with E-state index in [1.54, 1.807) is 0 Å². The lowest BCUT2D eigenvalue weighted by Crippen LogP contribution is -2.45. The van der Waals surface area contributed by atoms with Crippen LogP contribution in [-0.4, -0.2) is 85.4 Å². The number of nitrogens with zero attached hydrogens (tertiary/aromatic N) is 5. The number of amides is 1. The Kier molecular flexibility index (Phi) is 7.05.